The summed E-state index contributed by atoms with van der Waals surface area (Å²) in [6, 6.07) is 16.9. The van der Waals surface area contributed by atoms with E-state index in [-0.39, 0.29) is 11.6 Å². The molecule has 0 aliphatic rings. The third-order valence-corrected chi connectivity index (χ3v) is 11.6. The van der Waals surface area contributed by atoms with Crippen LogP contribution in [0.15, 0.2) is 81.9 Å². The van der Waals surface area contributed by atoms with E-state index in [9.17, 15) is 8.78 Å². The van der Waals surface area contributed by atoms with Gasteiger partial charge < -0.3 is 8.83 Å². The van der Waals surface area contributed by atoms with Crippen molar-refractivity contribution < 1.29 is 17.6 Å². The molecule has 46 heavy (non-hydrogen) atoms. The topological polar surface area (TPSA) is 104 Å². The Hall–Kier alpha value is -5.02. The molecule has 220 valence electrons. The van der Waals surface area contributed by atoms with Gasteiger partial charge in [-0.2, -0.15) is 0 Å². The molecule has 14 heteroatoms. The van der Waals surface area contributed by atoms with Crippen LogP contribution in [0.5, 0.6) is 0 Å². The lowest BCUT2D eigenvalue weighted by atomic mass is 10.1. The minimum Gasteiger partial charge on any atom is -0.435 e. The first-order valence-electron chi connectivity index (χ1n) is 13.7. The Labute approximate surface area is 271 Å². The first kappa shape index (κ1) is 26.2. The van der Waals surface area contributed by atoms with Crippen LogP contribution in [0, 0.1) is 11.6 Å². The fourth-order valence-electron chi connectivity index (χ4n) is 5.23. The maximum atomic E-state index is 13.6. The molecular formula is C32H12F2N6O2S4. The maximum Gasteiger partial charge on any atom is 0.239 e. The molecule has 0 aliphatic heterocycles. The average molecular weight is 679 g/mol. The van der Waals surface area contributed by atoms with E-state index in [0.717, 1.165) is 61.0 Å². The summed E-state index contributed by atoms with van der Waals surface area (Å²) in [6.45, 7) is 0. The smallest absolute Gasteiger partial charge is 0.239 e. The molecule has 0 N–H and O–H groups in total. The standard InChI is InChI=1S/C32H12F2N6O2S4/c33-15-1-3-17-23(9-15)43-31(39-17)29-35-11-25(45-29)27-37-19-5-13-8-22-20(6-14(13)7-21(19)41-27)38-28(42-22)26-12-36-30(46-26)32-40-18-4-2-16(34)10-24(18)44-32/h1-12H. The molecule has 6 aromatic heterocycles. The fourth-order valence-corrected chi connectivity index (χ4v) is 8.95. The van der Waals surface area contributed by atoms with Crippen LogP contribution in [-0.4, -0.2) is 29.9 Å². The van der Waals surface area contributed by atoms with Crippen molar-refractivity contribution in [2.45, 2.75) is 0 Å². The van der Waals surface area contributed by atoms with Crippen molar-refractivity contribution in [1.82, 2.24) is 29.9 Å². The molecule has 0 saturated heterocycles. The van der Waals surface area contributed by atoms with Crippen molar-refractivity contribution in [2.24, 2.45) is 0 Å². The summed E-state index contributed by atoms with van der Waals surface area (Å²) in [5.41, 5.74) is 4.15. The van der Waals surface area contributed by atoms with Crippen LogP contribution in [-0.2, 0) is 0 Å². The van der Waals surface area contributed by atoms with Crippen molar-refractivity contribution in [1.29, 1.82) is 0 Å². The molecule has 8 nitrogen and oxygen atoms in total. The minimum absolute atomic E-state index is 0.291. The predicted octanol–water partition coefficient (Wildman–Crippen LogP) is 10.2. The van der Waals surface area contributed by atoms with Crippen molar-refractivity contribution in [3.63, 3.8) is 0 Å². The Bertz CT molecular complexity index is 2570. The molecule has 6 heterocycles. The van der Waals surface area contributed by atoms with Crippen molar-refractivity contribution in [3.05, 3.63) is 84.7 Å². The molecule has 0 aliphatic carbocycles. The highest BCUT2D eigenvalue weighted by Gasteiger charge is 2.19. The molecule has 0 saturated carbocycles. The number of halogens is 2. The summed E-state index contributed by atoms with van der Waals surface area (Å²) in [4.78, 5) is 29.3. The lowest BCUT2D eigenvalue weighted by Crippen LogP contribution is -1.76. The van der Waals surface area contributed by atoms with Gasteiger partial charge in [-0.05, 0) is 71.4 Å². The summed E-state index contributed by atoms with van der Waals surface area (Å²) < 4.78 is 41.2. The van der Waals surface area contributed by atoms with Gasteiger partial charge in [0.15, 0.2) is 31.2 Å². The van der Waals surface area contributed by atoms with Gasteiger partial charge in [0.05, 0.1) is 32.8 Å². The quantitative estimate of drug-likeness (QED) is 0.181. The Morgan fingerprint density at radius 1 is 0.478 bits per heavy atom. The van der Waals surface area contributed by atoms with Crippen molar-refractivity contribution in [2.75, 3.05) is 0 Å². The van der Waals surface area contributed by atoms with Crippen LogP contribution in [0.3, 0.4) is 0 Å². The second-order valence-corrected chi connectivity index (χ2v) is 14.5. The Kier molecular flexibility index (Phi) is 5.55. The second kappa shape index (κ2) is 9.74. The first-order chi connectivity index (χ1) is 22.5. The molecule has 0 bridgehead atoms. The van der Waals surface area contributed by atoms with Crippen molar-refractivity contribution >= 4 is 98.8 Å². The average Bonchev–Trinajstić information content (AvgIpc) is 3.87. The Morgan fingerprint density at radius 3 is 1.43 bits per heavy atom. The summed E-state index contributed by atoms with van der Waals surface area (Å²) in [5.74, 6) is 0.343. The normalized spacial score (nSPS) is 12.1. The molecule has 0 fully saturated rings. The van der Waals surface area contributed by atoms with Gasteiger partial charge in [0.1, 0.15) is 32.4 Å². The third-order valence-electron chi connectivity index (χ3n) is 7.35. The number of fused-ring (bicyclic) bond motifs is 5. The van der Waals surface area contributed by atoms with Crippen LogP contribution in [0.25, 0.3) is 95.0 Å². The van der Waals surface area contributed by atoms with Crippen LogP contribution < -0.4 is 0 Å². The number of aromatic nitrogens is 6. The lowest BCUT2D eigenvalue weighted by Gasteiger charge is -1.96. The van der Waals surface area contributed by atoms with Gasteiger partial charge in [0, 0.05) is 0 Å². The van der Waals surface area contributed by atoms with Gasteiger partial charge in [0.2, 0.25) is 11.8 Å². The first-order valence-corrected chi connectivity index (χ1v) is 17.0. The number of oxazole rings is 2. The van der Waals surface area contributed by atoms with E-state index in [2.05, 4.69) is 19.9 Å². The highest BCUT2D eigenvalue weighted by molar-refractivity contribution is 7.27. The summed E-state index contributed by atoms with van der Waals surface area (Å²) in [5, 5.41) is 4.73. The zero-order chi connectivity index (χ0) is 30.5. The van der Waals surface area contributed by atoms with Crippen molar-refractivity contribution in [3.8, 4) is 41.6 Å². The number of benzene rings is 4. The van der Waals surface area contributed by atoms with E-state index in [1.54, 1.807) is 24.5 Å². The Balaban J connectivity index is 0.968. The highest BCUT2D eigenvalue weighted by Crippen LogP contribution is 2.40. The molecule has 10 rings (SSSR count). The van der Waals surface area contributed by atoms with Crippen LogP contribution in [0.1, 0.15) is 0 Å². The largest absolute Gasteiger partial charge is 0.435 e. The molecule has 10 aromatic rings. The third kappa shape index (κ3) is 4.25. The summed E-state index contributed by atoms with van der Waals surface area (Å²) in [7, 11) is 0. The van der Waals surface area contributed by atoms with Gasteiger partial charge in [-0.1, -0.05) is 0 Å². The molecule has 0 amide bonds. The SMILES string of the molecule is Fc1ccc2nc(-c3ncc(-c4nc5cc6cc7oc(-c8cnc(-c9nc%10ccc(F)cc%10s9)s8)nc7cc6cc5o4)s3)sc2c1. The monoisotopic (exact) mass is 678 g/mol. The molecule has 0 spiro atoms. The summed E-state index contributed by atoms with van der Waals surface area (Å²) >= 11 is 5.64. The number of hydrogen-bond donors (Lipinski definition) is 0. The number of hydrogen-bond acceptors (Lipinski definition) is 12. The summed E-state index contributed by atoms with van der Waals surface area (Å²) in [6.07, 6.45) is 3.44. The van der Waals surface area contributed by atoms with E-state index >= 15 is 0 Å². The van der Waals surface area contributed by atoms with E-state index in [0.29, 0.717) is 34.0 Å². The lowest BCUT2D eigenvalue weighted by molar-refractivity contribution is 0.621. The van der Waals surface area contributed by atoms with Crippen LogP contribution >= 0.6 is 45.3 Å². The molecule has 0 atom stereocenters. The van der Waals surface area contributed by atoms with Gasteiger partial charge in [-0.25, -0.2) is 38.7 Å². The predicted molar refractivity (Wildman–Crippen MR) is 178 cm³/mol. The van der Waals surface area contributed by atoms with Gasteiger partial charge in [0.25, 0.3) is 0 Å². The van der Waals surface area contributed by atoms with E-state index in [4.69, 9.17) is 18.8 Å². The minimum atomic E-state index is -0.291. The van der Waals surface area contributed by atoms with Crippen LogP contribution in [0.4, 0.5) is 8.78 Å². The van der Waals surface area contributed by atoms with Crippen LogP contribution in [0.2, 0.25) is 0 Å². The van der Waals surface area contributed by atoms with Gasteiger partial charge >= 0.3 is 0 Å². The Morgan fingerprint density at radius 2 is 0.957 bits per heavy atom. The zero-order valence-electron chi connectivity index (χ0n) is 22.8. The zero-order valence-corrected chi connectivity index (χ0v) is 26.1. The molecule has 0 radical (unpaired) electrons. The molecular weight excluding hydrogens is 667 g/mol. The number of thiazole rings is 4. The second-order valence-electron chi connectivity index (χ2n) is 10.3. The number of rotatable bonds is 4. The fraction of sp³-hybridized carbons (Fsp3) is 0. The molecule has 0 unspecified atom stereocenters. The highest BCUT2D eigenvalue weighted by atomic mass is 32.1. The van der Waals surface area contributed by atoms with Gasteiger partial charge in [-0.15, -0.1) is 45.3 Å². The maximum absolute atomic E-state index is 13.6. The molecule has 4 aromatic carbocycles. The number of nitrogens with zero attached hydrogens (tertiary/aromatic N) is 6. The van der Waals surface area contributed by atoms with E-state index in [1.807, 2.05) is 24.3 Å². The van der Waals surface area contributed by atoms with E-state index < -0.39 is 0 Å². The van der Waals surface area contributed by atoms with E-state index in [1.165, 1.54) is 69.6 Å². The van der Waals surface area contributed by atoms with Gasteiger partial charge in [-0.3, -0.25) is 0 Å².